The van der Waals surface area contributed by atoms with Gasteiger partial charge in [-0.2, -0.15) is 0 Å². The summed E-state index contributed by atoms with van der Waals surface area (Å²) in [6.07, 6.45) is 2.06. The average molecular weight is 475 g/mol. The van der Waals surface area contributed by atoms with E-state index < -0.39 is 29.2 Å². The van der Waals surface area contributed by atoms with Crippen molar-refractivity contribution in [2.45, 2.75) is 24.8 Å². The van der Waals surface area contributed by atoms with E-state index in [0.29, 0.717) is 23.8 Å². The third-order valence-corrected chi connectivity index (χ3v) is 6.28. The predicted molar refractivity (Wildman–Crippen MR) is 122 cm³/mol. The van der Waals surface area contributed by atoms with Crippen molar-refractivity contribution in [3.05, 3.63) is 58.9 Å². The Morgan fingerprint density at radius 3 is 2.39 bits per heavy atom. The summed E-state index contributed by atoms with van der Waals surface area (Å²) >= 11 is 5.83. The molecule has 174 valence electrons. The number of carbonyl (C=O) groups excluding carboxylic acids is 3. The minimum Gasteiger partial charge on any atom is -0.396 e. The number of rotatable bonds is 6. The van der Waals surface area contributed by atoms with Gasteiger partial charge in [-0.3, -0.25) is 9.59 Å². The predicted octanol–water partition coefficient (Wildman–Crippen LogP) is 3.23. The first-order valence-corrected chi connectivity index (χ1v) is 11.1. The Hall–Kier alpha value is -3.17. The molecule has 0 spiro atoms. The van der Waals surface area contributed by atoms with Crippen molar-refractivity contribution in [3.63, 3.8) is 0 Å². The lowest BCUT2D eigenvalue weighted by Gasteiger charge is -2.20. The Bertz CT molecular complexity index is 1070. The van der Waals surface area contributed by atoms with Crippen molar-refractivity contribution in [1.29, 1.82) is 0 Å². The number of amides is 4. The Morgan fingerprint density at radius 2 is 1.79 bits per heavy atom. The lowest BCUT2D eigenvalue weighted by atomic mass is 10.1. The summed E-state index contributed by atoms with van der Waals surface area (Å²) in [5, 5.41) is 17.8. The number of aliphatic hydroxyl groups is 1. The average Bonchev–Trinajstić information content (AvgIpc) is 3.23. The van der Waals surface area contributed by atoms with Gasteiger partial charge in [0.1, 0.15) is 11.4 Å². The van der Waals surface area contributed by atoms with E-state index in [9.17, 15) is 23.9 Å². The van der Waals surface area contributed by atoms with Crippen molar-refractivity contribution in [3.8, 4) is 0 Å². The summed E-state index contributed by atoms with van der Waals surface area (Å²) in [5.41, 5.74) is -0.803. The number of urea groups is 1. The van der Waals surface area contributed by atoms with Crippen LogP contribution in [0.1, 0.15) is 29.6 Å². The second-order valence-electron chi connectivity index (χ2n) is 8.29. The zero-order valence-electron chi connectivity index (χ0n) is 17.7. The van der Waals surface area contributed by atoms with Gasteiger partial charge in [-0.25, -0.2) is 9.18 Å². The number of hydrogen-bond donors (Lipinski definition) is 4. The fraction of sp³-hybridized carbons (Fsp3) is 0.348. The first-order chi connectivity index (χ1) is 15.8. The maximum Gasteiger partial charge on any atom is 0.320 e. The SMILES string of the molecule is O=C(Nc1ccc(Cl)cc1)N[C@]1(C(=O)Nc2ccc(C(=O)N3CCCC3)cc2F)C[C@@H]1CO. The lowest BCUT2D eigenvalue weighted by Crippen LogP contribution is -2.49. The Kier molecular flexibility index (Phi) is 6.53. The fourth-order valence-corrected chi connectivity index (χ4v) is 4.15. The van der Waals surface area contributed by atoms with E-state index >= 15 is 0 Å². The van der Waals surface area contributed by atoms with Gasteiger partial charge in [0, 0.05) is 41.9 Å². The van der Waals surface area contributed by atoms with E-state index in [1.807, 2.05) is 0 Å². The molecule has 0 radical (unpaired) electrons. The molecular formula is C23H24ClFN4O4. The minimum absolute atomic E-state index is 0.110. The van der Waals surface area contributed by atoms with Crippen molar-refractivity contribution in [1.82, 2.24) is 10.2 Å². The van der Waals surface area contributed by atoms with Gasteiger partial charge in [-0.15, -0.1) is 0 Å². The molecule has 33 heavy (non-hydrogen) atoms. The van der Waals surface area contributed by atoms with E-state index in [-0.39, 0.29) is 30.2 Å². The van der Waals surface area contributed by atoms with Gasteiger partial charge in [0.2, 0.25) is 0 Å². The second-order valence-corrected chi connectivity index (χ2v) is 8.73. The first-order valence-electron chi connectivity index (χ1n) is 10.7. The molecule has 2 aromatic carbocycles. The fourth-order valence-electron chi connectivity index (χ4n) is 4.02. The number of anilines is 2. The maximum atomic E-state index is 14.7. The summed E-state index contributed by atoms with van der Waals surface area (Å²) in [5.74, 6) is -2.16. The molecule has 1 aliphatic heterocycles. The molecule has 2 aliphatic rings. The van der Waals surface area contributed by atoms with Crippen LogP contribution >= 0.6 is 11.6 Å². The number of benzene rings is 2. The molecule has 1 aliphatic carbocycles. The van der Waals surface area contributed by atoms with Crippen LogP contribution in [0.15, 0.2) is 42.5 Å². The molecule has 0 unspecified atom stereocenters. The zero-order chi connectivity index (χ0) is 23.6. The van der Waals surface area contributed by atoms with Crippen LogP contribution in [0.3, 0.4) is 0 Å². The molecule has 4 N–H and O–H groups in total. The van der Waals surface area contributed by atoms with Crippen LogP contribution in [0.25, 0.3) is 0 Å². The standard InChI is InChI=1S/C23H24ClFN4O4/c24-16-4-6-17(7-5-16)26-22(33)28-23(12-15(23)13-30)21(32)27-19-8-3-14(11-18(19)25)20(31)29-9-1-2-10-29/h3-8,11,15,30H,1-2,9-10,12-13H2,(H,27,32)(H2,26,28,33)/t15-,23-/m1/s1. The third kappa shape index (κ3) is 4.94. The number of nitrogens with one attached hydrogen (secondary N) is 3. The highest BCUT2D eigenvalue weighted by molar-refractivity contribution is 6.30. The van der Waals surface area contributed by atoms with E-state index in [0.717, 1.165) is 18.9 Å². The molecule has 4 amide bonds. The number of carbonyl (C=O) groups is 3. The molecule has 2 atom stereocenters. The van der Waals surface area contributed by atoms with Crippen LogP contribution in [0, 0.1) is 11.7 Å². The van der Waals surface area contributed by atoms with Gasteiger partial charge in [0.05, 0.1) is 5.69 Å². The summed E-state index contributed by atoms with van der Waals surface area (Å²) in [6, 6.07) is 9.66. The summed E-state index contributed by atoms with van der Waals surface area (Å²) < 4.78 is 14.7. The molecule has 10 heteroatoms. The number of likely N-dealkylation sites (tertiary alicyclic amines) is 1. The monoisotopic (exact) mass is 474 g/mol. The lowest BCUT2D eigenvalue weighted by molar-refractivity contribution is -0.119. The topological polar surface area (TPSA) is 111 Å². The molecule has 8 nitrogen and oxygen atoms in total. The van der Waals surface area contributed by atoms with Crippen LogP contribution in [-0.2, 0) is 4.79 Å². The minimum atomic E-state index is -1.37. The molecule has 1 saturated heterocycles. The van der Waals surface area contributed by atoms with Crippen molar-refractivity contribution < 1.29 is 23.9 Å². The highest BCUT2D eigenvalue weighted by Crippen LogP contribution is 2.44. The number of hydrogen-bond acceptors (Lipinski definition) is 4. The van der Waals surface area contributed by atoms with Crippen LogP contribution in [0.4, 0.5) is 20.6 Å². The number of nitrogens with zero attached hydrogens (tertiary/aromatic N) is 1. The Labute approximate surface area is 195 Å². The summed E-state index contributed by atoms with van der Waals surface area (Å²) in [6.45, 7) is 0.974. The van der Waals surface area contributed by atoms with Crippen LogP contribution in [0.5, 0.6) is 0 Å². The third-order valence-electron chi connectivity index (χ3n) is 6.03. The van der Waals surface area contributed by atoms with Crippen LogP contribution < -0.4 is 16.0 Å². The van der Waals surface area contributed by atoms with Crippen molar-refractivity contribution in [2.75, 3.05) is 30.3 Å². The summed E-state index contributed by atoms with van der Waals surface area (Å²) in [4.78, 5) is 39.5. The zero-order valence-corrected chi connectivity index (χ0v) is 18.5. The highest BCUT2D eigenvalue weighted by Gasteiger charge is 2.61. The molecule has 0 aromatic heterocycles. The van der Waals surface area contributed by atoms with Gasteiger partial charge < -0.3 is 26.0 Å². The largest absolute Gasteiger partial charge is 0.396 e. The first kappa shape index (κ1) is 23.0. The van der Waals surface area contributed by atoms with Gasteiger partial charge in [0.25, 0.3) is 11.8 Å². The molecule has 1 saturated carbocycles. The summed E-state index contributed by atoms with van der Waals surface area (Å²) in [7, 11) is 0. The maximum absolute atomic E-state index is 14.7. The number of halogens is 2. The van der Waals surface area contributed by atoms with Gasteiger partial charge in [-0.1, -0.05) is 11.6 Å². The smallest absolute Gasteiger partial charge is 0.320 e. The molecule has 1 heterocycles. The second kappa shape index (κ2) is 9.36. The highest BCUT2D eigenvalue weighted by atomic mass is 35.5. The van der Waals surface area contributed by atoms with E-state index in [1.165, 1.54) is 12.1 Å². The van der Waals surface area contributed by atoms with E-state index in [4.69, 9.17) is 11.6 Å². The van der Waals surface area contributed by atoms with Crippen LogP contribution in [0.2, 0.25) is 5.02 Å². The normalized spacial score (nSPS) is 21.4. The Morgan fingerprint density at radius 1 is 1.09 bits per heavy atom. The van der Waals surface area contributed by atoms with E-state index in [1.54, 1.807) is 29.2 Å². The van der Waals surface area contributed by atoms with Crippen LogP contribution in [-0.4, -0.2) is 53.1 Å². The molecular weight excluding hydrogens is 451 g/mol. The van der Waals surface area contributed by atoms with E-state index in [2.05, 4.69) is 16.0 Å². The molecule has 4 rings (SSSR count). The van der Waals surface area contributed by atoms with Gasteiger partial charge in [-0.05, 0) is 61.7 Å². The molecule has 2 aromatic rings. The Balaban J connectivity index is 1.43. The van der Waals surface area contributed by atoms with Gasteiger partial charge >= 0.3 is 6.03 Å². The quantitative estimate of drug-likeness (QED) is 0.515. The molecule has 0 bridgehead atoms. The molecule has 2 fully saturated rings. The van der Waals surface area contributed by atoms with Crippen molar-refractivity contribution >= 4 is 40.8 Å². The van der Waals surface area contributed by atoms with Gasteiger partial charge in [0.15, 0.2) is 0 Å². The van der Waals surface area contributed by atoms with Crippen molar-refractivity contribution in [2.24, 2.45) is 5.92 Å². The number of aliphatic hydroxyl groups excluding tert-OH is 1.